The first-order valence-corrected chi connectivity index (χ1v) is 8.30. The van der Waals surface area contributed by atoms with E-state index >= 15 is 0 Å². The van der Waals surface area contributed by atoms with E-state index in [9.17, 15) is 0 Å². The summed E-state index contributed by atoms with van der Waals surface area (Å²) < 4.78 is 5.33. The maximum Gasteiger partial charge on any atom is 0.132 e. The van der Waals surface area contributed by atoms with E-state index < -0.39 is 0 Å². The average Bonchev–Trinajstić information content (AvgIpc) is 2.96. The highest BCUT2D eigenvalue weighted by molar-refractivity contribution is 7.99. The van der Waals surface area contributed by atoms with Gasteiger partial charge < -0.3 is 10.1 Å². The molecule has 2 nitrogen and oxygen atoms in total. The van der Waals surface area contributed by atoms with Crippen LogP contribution in [0.3, 0.4) is 0 Å². The minimum atomic E-state index is 0.964. The second-order valence-electron chi connectivity index (χ2n) is 4.13. The highest BCUT2D eigenvalue weighted by Gasteiger charge is 2.01. The number of ether oxygens (including phenoxy) is 1. The smallest absolute Gasteiger partial charge is 0.132 e. The summed E-state index contributed by atoms with van der Waals surface area (Å²) in [7, 11) is 1.72. The van der Waals surface area contributed by atoms with Crippen LogP contribution in [0.2, 0.25) is 0 Å². The lowest BCUT2D eigenvalue weighted by Gasteiger charge is -2.08. The van der Waals surface area contributed by atoms with Crippen molar-refractivity contribution < 1.29 is 4.74 Å². The molecule has 1 heterocycles. The van der Waals surface area contributed by atoms with Crippen molar-refractivity contribution >= 4 is 23.1 Å². The number of thiophene rings is 1. The molecule has 0 unspecified atom stereocenters. The molecule has 1 aromatic carbocycles. The van der Waals surface area contributed by atoms with E-state index in [1.807, 2.05) is 23.9 Å². The Morgan fingerprint density at radius 3 is 2.89 bits per heavy atom. The zero-order chi connectivity index (χ0) is 13.3. The first-order chi connectivity index (χ1) is 9.40. The van der Waals surface area contributed by atoms with E-state index in [4.69, 9.17) is 4.74 Å². The number of hydrogen-bond acceptors (Lipinski definition) is 4. The molecule has 0 radical (unpaired) electrons. The van der Waals surface area contributed by atoms with E-state index in [-0.39, 0.29) is 0 Å². The van der Waals surface area contributed by atoms with Gasteiger partial charge in [-0.1, -0.05) is 12.1 Å². The van der Waals surface area contributed by atoms with Gasteiger partial charge in [0, 0.05) is 17.2 Å². The summed E-state index contributed by atoms with van der Waals surface area (Å²) in [5.74, 6) is 2.02. The van der Waals surface area contributed by atoms with Crippen LogP contribution in [0.25, 0.3) is 0 Å². The fourth-order valence-electron chi connectivity index (χ4n) is 1.76. The zero-order valence-corrected chi connectivity index (χ0v) is 12.7. The second-order valence-corrected chi connectivity index (χ2v) is 6.05. The Bertz CT molecular complexity index is 471. The third-order valence-corrected chi connectivity index (χ3v) is 4.56. The predicted molar refractivity (Wildman–Crippen MR) is 84.6 cm³/mol. The number of benzene rings is 1. The van der Waals surface area contributed by atoms with Crippen LogP contribution >= 0.6 is 23.1 Å². The lowest BCUT2D eigenvalue weighted by molar-refractivity contribution is 0.405. The van der Waals surface area contributed by atoms with Gasteiger partial charge in [-0.05, 0) is 47.5 Å². The molecule has 0 spiro atoms. The number of hydrogen-bond donors (Lipinski definition) is 1. The SMILES string of the molecule is COc1ccccc1SCCNCCc1ccsc1. The molecular formula is C15H19NOS2. The van der Waals surface area contributed by atoms with Gasteiger partial charge in [0.15, 0.2) is 0 Å². The predicted octanol–water partition coefficient (Wildman–Crippen LogP) is 3.68. The van der Waals surface area contributed by atoms with Crippen molar-refractivity contribution in [2.45, 2.75) is 11.3 Å². The molecule has 2 aromatic rings. The summed E-state index contributed by atoms with van der Waals surface area (Å²) in [5, 5.41) is 7.82. The second kappa shape index (κ2) is 8.25. The molecule has 0 saturated heterocycles. The quantitative estimate of drug-likeness (QED) is 0.592. The molecule has 1 aromatic heterocycles. The first kappa shape index (κ1) is 14.4. The van der Waals surface area contributed by atoms with Gasteiger partial charge >= 0.3 is 0 Å². The zero-order valence-electron chi connectivity index (χ0n) is 11.1. The monoisotopic (exact) mass is 293 g/mol. The Hall–Kier alpha value is -0.970. The van der Waals surface area contributed by atoms with Crippen molar-refractivity contribution in [2.24, 2.45) is 0 Å². The normalized spacial score (nSPS) is 10.6. The van der Waals surface area contributed by atoms with Crippen molar-refractivity contribution in [1.82, 2.24) is 5.32 Å². The van der Waals surface area contributed by atoms with Gasteiger partial charge in [-0.15, -0.1) is 11.8 Å². The largest absolute Gasteiger partial charge is 0.496 e. The lowest BCUT2D eigenvalue weighted by atomic mass is 10.2. The van der Waals surface area contributed by atoms with Gasteiger partial charge in [-0.2, -0.15) is 11.3 Å². The number of para-hydroxylation sites is 1. The van der Waals surface area contributed by atoms with E-state index in [1.54, 1.807) is 18.4 Å². The van der Waals surface area contributed by atoms with E-state index in [0.717, 1.165) is 31.0 Å². The molecule has 0 saturated carbocycles. The lowest BCUT2D eigenvalue weighted by Crippen LogP contribution is -2.19. The molecule has 19 heavy (non-hydrogen) atoms. The van der Waals surface area contributed by atoms with Crippen molar-refractivity contribution in [2.75, 3.05) is 26.0 Å². The molecule has 0 aliphatic rings. The molecule has 0 aliphatic heterocycles. The molecule has 0 amide bonds. The Labute approximate surface area is 123 Å². The number of methoxy groups -OCH3 is 1. The first-order valence-electron chi connectivity index (χ1n) is 6.38. The summed E-state index contributed by atoms with van der Waals surface area (Å²) in [6.07, 6.45) is 1.11. The summed E-state index contributed by atoms with van der Waals surface area (Å²) in [6, 6.07) is 10.4. The van der Waals surface area contributed by atoms with Gasteiger partial charge in [0.05, 0.1) is 7.11 Å². The minimum Gasteiger partial charge on any atom is -0.496 e. The average molecular weight is 293 g/mol. The summed E-state index contributed by atoms with van der Waals surface area (Å²) in [4.78, 5) is 1.21. The van der Waals surface area contributed by atoms with Gasteiger partial charge in [0.2, 0.25) is 0 Å². The fraction of sp³-hybridized carbons (Fsp3) is 0.333. The van der Waals surface area contributed by atoms with Crippen LogP contribution in [0.1, 0.15) is 5.56 Å². The minimum absolute atomic E-state index is 0.964. The van der Waals surface area contributed by atoms with Crippen LogP contribution in [-0.4, -0.2) is 26.0 Å². The van der Waals surface area contributed by atoms with Crippen LogP contribution in [0.5, 0.6) is 5.75 Å². The molecule has 1 N–H and O–H groups in total. The maximum absolute atomic E-state index is 5.33. The molecule has 102 valence electrons. The standard InChI is InChI=1S/C15H19NOS2/c1-17-14-4-2-3-5-15(14)19-11-9-16-8-6-13-7-10-18-12-13/h2-5,7,10,12,16H,6,8-9,11H2,1H3. The molecule has 0 bridgehead atoms. The Morgan fingerprint density at radius 1 is 1.21 bits per heavy atom. The molecule has 0 aliphatic carbocycles. The molecule has 0 fully saturated rings. The van der Waals surface area contributed by atoms with Crippen molar-refractivity contribution in [3.63, 3.8) is 0 Å². The maximum atomic E-state index is 5.33. The fourth-order valence-corrected chi connectivity index (χ4v) is 3.40. The molecule has 2 rings (SSSR count). The number of thioether (sulfide) groups is 1. The van der Waals surface area contributed by atoms with E-state index in [0.29, 0.717) is 0 Å². The van der Waals surface area contributed by atoms with E-state index in [2.05, 4.69) is 34.3 Å². The Balaban J connectivity index is 1.61. The van der Waals surface area contributed by atoms with Gasteiger partial charge in [-0.3, -0.25) is 0 Å². The Morgan fingerprint density at radius 2 is 2.11 bits per heavy atom. The Kier molecular flexibility index (Phi) is 6.27. The van der Waals surface area contributed by atoms with Gasteiger partial charge in [0.25, 0.3) is 0 Å². The summed E-state index contributed by atoms with van der Waals surface area (Å²) >= 11 is 3.60. The number of rotatable bonds is 8. The van der Waals surface area contributed by atoms with Crippen LogP contribution < -0.4 is 10.1 Å². The van der Waals surface area contributed by atoms with Crippen LogP contribution in [0.15, 0.2) is 46.0 Å². The third kappa shape index (κ3) is 4.90. The highest BCUT2D eigenvalue weighted by atomic mass is 32.2. The van der Waals surface area contributed by atoms with Crippen LogP contribution in [-0.2, 0) is 6.42 Å². The van der Waals surface area contributed by atoms with Gasteiger partial charge in [-0.25, -0.2) is 0 Å². The molecule has 4 heteroatoms. The van der Waals surface area contributed by atoms with Crippen LogP contribution in [0, 0.1) is 0 Å². The van der Waals surface area contributed by atoms with Gasteiger partial charge in [0.1, 0.15) is 5.75 Å². The topological polar surface area (TPSA) is 21.3 Å². The number of nitrogens with one attached hydrogen (secondary N) is 1. The van der Waals surface area contributed by atoms with Crippen molar-refractivity contribution in [3.05, 3.63) is 46.7 Å². The molecular weight excluding hydrogens is 274 g/mol. The summed E-state index contributed by atoms with van der Waals surface area (Å²) in [6.45, 7) is 2.07. The van der Waals surface area contributed by atoms with E-state index in [1.165, 1.54) is 10.5 Å². The highest BCUT2D eigenvalue weighted by Crippen LogP contribution is 2.28. The molecule has 0 atom stereocenters. The third-order valence-electron chi connectivity index (χ3n) is 2.78. The summed E-state index contributed by atoms with van der Waals surface area (Å²) in [5.41, 5.74) is 1.43. The van der Waals surface area contributed by atoms with Crippen molar-refractivity contribution in [3.8, 4) is 5.75 Å². The van der Waals surface area contributed by atoms with Crippen molar-refractivity contribution in [1.29, 1.82) is 0 Å². The van der Waals surface area contributed by atoms with Crippen LogP contribution in [0.4, 0.5) is 0 Å².